The van der Waals surface area contributed by atoms with Crippen LogP contribution in [0.5, 0.6) is 11.5 Å². The number of rotatable bonds is 22. The molecule has 0 aliphatic carbocycles. The van der Waals surface area contributed by atoms with Gasteiger partial charge in [0.25, 0.3) is 11.8 Å². The lowest BCUT2D eigenvalue weighted by Gasteiger charge is -2.14. The maximum absolute atomic E-state index is 12.5. The average Bonchev–Trinajstić information content (AvgIpc) is 3.14. The molecule has 4 rings (SSSR count). The number of aliphatic hydroxyl groups excluding tert-OH is 2. The Hall–Kier alpha value is -4.74. The van der Waals surface area contributed by atoms with Gasteiger partial charge in [-0.15, -0.1) is 0 Å². The minimum absolute atomic E-state index is 0.142. The number of aliphatic hydroxyl groups is 2. The van der Waals surface area contributed by atoms with Gasteiger partial charge in [-0.05, 0) is 85.5 Å². The van der Waals surface area contributed by atoms with E-state index >= 15 is 0 Å². The summed E-state index contributed by atoms with van der Waals surface area (Å²) in [7, 11) is 0. The summed E-state index contributed by atoms with van der Waals surface area (Å²) in [5.74, 6) is 0.791. The molecule has 260 valence electrons. The van der Waals surface area contributed by atoms with E-state index in [0.717, 1.165) is 18.5 Å². The van der Waals surface area contributed by atoms with E-state index in [4.69, 9.17) is 9.47 Å². The largest absolute Gasteiger partial charge is 0.491 e. The number of unbranched alkanes of at least 4 members (excludes halogenated alkanes) is 1. The van der Waals surface area contributed by atoms with Crippen LogP contribution >= 0.6 is 0 Å². The van der Waals surface area contributed by atoms with Gasteiger partial charge in [0.15, 0.2) is 0 Å². The van der Waals surface area contributed by atoms with Crippen LogP contribution in [0.1, 0.15) is 44.7 Å². The van der Waals surface area contributed by atoms with Crippen LogP contribution in [0, 0.1) is 0 Å². The molecular formula is C39H48N4O6. The number of carbonyl (C=O) groups excluding carboxylic acids is 2. The molecule has 0 heterocycles. The van der Waals surface area contributed by atoms with E-state index in [0.29, 0.717) is 68.2 Å². The lowest BCUT2D eigenvalue weighted by molar-refractivity contribution is 0.0939. The van der Waals surface area contributed by atoms with Gasteiger partial charge in [0.05, 0.1) is 0 Å². The summed E-state index contributed by atoms with van der Waals surface area (Å²) in [5.41, 5.74) is 3.43. The van der Waals surface area contributed by atoms with Crippen molar-refractivity contribution in [1.82, 2.24) is 21.3 Å². The summed E-state index contributed by atoms with van der Waals surface area (Å²) >= 11 is 0. The van der Waals surface area contributed by atoms with E-state index in [1.54, 1.807) is 48.5 Å². The third-order valence-corrected chi connectivity index (χ3v) is 7.66. The second-order valence-electron chi connectivity index (χ2n) is 11.8. The quantitative estimate of drug-likeness (QED) is 0.0697. The zero-order valence-electron chi connectivity index (χ0n) is 27.9. The van der Waals surface area contributed by atoms with E-state index in [-0.39, 0.29) is 25.0 Å². The highest BCUT2D eigenvalue weighted by molar-refractivity contribution is 5.94. The van der Waals surface area contributed by atoms with E-state index < -0.39 is 12.2 Å². The van der Waals surface area contributed by atoms with Crippen molar-refractivity contribution in [3.63, 3.8) is 0 Å². The van der Waals surface area contributed by atoms with Crippen LogP contribution in [-0.2, 0) is 13.0 Å². The van der Waals surface area contributed by atoms with Gasteiger partial charge in [0.1, 0.15) is 36.9 Å². The van der Waals surface area contributed by atoms with Crippen LogP contribution in [0.2, 0.25) is 0 Å². The Kier molecular flexibility index (Phi) is 16.1. The van der Waals surface area contributed by atoms with Crippen LogP contribution < -0.4 is 30.7 Å². The molecule has 10 heteroatoms. The SMILES string of the molecule is O=C(NCCCCNC(=O)c1ccc(OCC(O)CNCc2ccccc2)cc1)c1ccc(OCC(O)CNCCc2ccccc2)cc1. The van der Waals surface area contributed by atoms with Crippen molar-refractivity contribution in [2.45, 2.75) is 38.0 Å². The van der Waals surface area contributed by atoms with Crippen molar-refractivity contribution in [2.24, 2.45) is 0 Å². The monoisotopic (exact) mass is 668 g/mol. The predicted molar refractivity (Wildman–Crippen MR) is 191 cm³/mol. The maximum Gasteiger partial charge on any atom is 0.251 e. The number of amides is 2. The molecule has 2 amide bonds. The third-order valence-electron chi connectivity index (χ3n) is 7.66. The van der Waals surface area contributed by atoms with Crippen molar-refractivity contribution >= 4 is 11.8 Å². The molecule has 0 saturated carbocycles. The number of benzene rings is 4. The summed E-state index contributed by atoms with van der Waals surface area (Å²) in [5, 5.41) is 32.6. The van der Waals surface area contributed by atoms with Gasteiger partial charge < -0.3 is 41.0 Å². The van der Waals surface area contributed by atoms with Gasteiger partial charge in [0, 0.05) is 43.9 Å². The molecule has 2 unspecified atom stereocenters. The van der Waals surface area contributed by atoms with Gasteiger partial charge in [-0.3, -0.25) is 9.59 Å². The topological polar surface area (TPSA) is 141 Å². The van der Waals surface area contributed by atoms with Crippen LogP contribution in [0.3, 0.4) is 0 Å². The molecule has 4 aromatic rings. The molecule has 0 aliphatic rings. The molecule has 0 saturated heterocycles. The van der Waals surface area contributed by atoms with E-state index in [1.165, 1.54) is 5.56 Å². The van der Waals surface area contributed by atoms with E-state index in [2.05, 4.69) is 33.4 Å². The molecule has 10 nitrogen and oxygen atoms in total. The minimum atomic E-state index is -0.661. The summed E-state index contributed by atoms with van der Waals surface area (Å²) < 4.78 is 11.3. The fourth-order valence-electron chi connectivity index (χ4n) is 4.89. The molecule has 6 N–H and O–H groups in total. The average molecular weight is 669 g/mol. The lowest BCUT2D eigenvalue weighted by atomic mass is 10.1. The van der Waals surface area contributed by atoms with E-state index in [9.17, 15) is 19.8 Å². The van der Waals surface area contributed by atoms with Crippen LogP contribution in [0.4, 0.5) is 0 Å². The molecule has 0 fully saturated rings. The Bertz CT molecular complexity index is 1500. The molecule has 0 aliphatic heterocycles. The second-order valence-corrected chi connectivity index (χ2v) is 11.8. The van der Waals surface area contributed by atoms with Gasteiger partial charge in [-0.25, -0.2) is 0 Å². The molecule has 0 bridgehead atoms. The summed E-state index contributed by atoms with van der Waals surface area (Å²) in [4.78, 5) is 25.0. The van der Waals surface area contributed by atoms with Crippen molar-refractivity contribution in [1.29, 1.82) is 0 Å². The van der Waals surface area contributed by atoms with Crippen molar-refractivity contribution in [2.75, 3.05) is 45.9 Å². The maximum atomic E-state index is 12.5. The molecule has 0 radical (unpaired) electrons. The predicted octanol–water partition coefficient (Wildman–Crippen LogP) is 3.73. The zero-order chi connectivity index (χ0) is 34.5. The zero-order valence-corrected chi connectivity index (χ0v) is 27.9. The smallest absolute Gasteiger partial charge is 0.251 e. The van der Waals surface area contributed by atoms with Crippen molar-refractivity contribution in [3.8, 4) is 11.5 Å². The first kappa shape index (κ1) is 37.1. The van der Waals surface area contributed by atoms with E-state index in [1.807, 2.05) is 48.5 Å². The molecular weight excluding hydrogens is 620 g/mol. The highest BCUT2D eigenvalue weighted by Crippen LogP contribution is 2.14. The highest BCUT2D eigenvalue weighted by atomic mass is 16.5. The Morgan fingerprint density at radius 2 is 1.00 bits per heavy atom. The van der Waals surface area contributed by atoms with Crippen molar-refractivity contribution < 1.29 is 29.3 Å². The van der Waals surface area contributed by atoms with Gasteiger partial charge in [-0.1, -0.05) is 60.7 Å². The van der Waals surface area contributed by atoms with Crippen molar-refractivity contribution in [3.05, 3.63) is 131 Å². The Labute approximate surface area is 288 Å². The summed E-state index contributed by atoms with van der Waals surface area (Å²) in [6, 6.07) is 33.8. The molecule has 0 aromatic heterocycles. The highest BCUT2D eigenvalue weighted by Gasteiger charge is 2.10. The Morgan fingerprint density at radius 3 is 1.49 bits per heavy atom. The number of hydrogen-bond acceptors (Lipinski definition) is 8. The Morgan fingerprint density at radius 1 is 0.551 bits per heavy atom. The van der Waals surface area contributed by atoms with Gasteiger partial charge in [0.2, 0.25) is 0 Å². The van der Waals surface area contributed by atoms with Crippen LogP contribution in [-0.4, -0.2) is 80.2 Å². The lowest BCUT2D eigenvalue weighted by Crippen LogP contribution is -2.32. The van der Waals surface area contributed by atoms with Gasteiger partial charge >= 0.3 is 0 Å². The number of hydrogen-bond donors (Lipinski definition) is 6. The van der Waals surface area contributed by atoms with Crippen LogP contribution in [0.15, 0.2) is 109 Å². The van der Waals surface area contributed by atoms with Gasteiger partial charge in [-0.2, -0.15) is 0 Å². The fraction of sp³-hybridized carbons (Fsp3) is 0.333. The Balaban J connectivity index is 1.01. The number of nitrogens with one attached hydrogen (secondary N) is 4. The normalized spacial score (nSPS) is 12.1. The molecule has 49 heavy (non-hydrogen) atoms. The third kappa shape index (κ3) is 14.5. The first-order valence-electron chi connectivity index (χ1n) is 16.8. The first-order chi connectivity index (χ1) is 24.0. The minimum Gasteiger partial charge on any atom is -0.491 e. The molecule has 4 aromatic carbocycles. The van der Waals surface area contributed by atoms with Crippen LogP contribution in [0.25, 0.3) is 0 Å². The first-order valence-corrected chi connectivity index (χ1v) is 16.8. The second kappa shape index (κ2) is 21.3. The number of carbonyl (C=O) groups is 2. The standard InChI is InChI=1S/C39H48N4O6/c44-34(26-40-24-21-30-9-3-1-4-10-30)28-48-36-17-13-32(14-18-36)38(46)42-22-7-8-23-43-39(47)33-15-19-37(20-16-33)49-29-35(45)27-41-25-31-11-5-2-6-12-31/h1-6,9-20,34-35,40-41,44-45H,7-8,21-29H2,(H,42,46)(H,43,47). The summed E-state index contributed by atoms with van der Waals surface area (Å²) in [6.45, 7) is 3.54. The summed E-state index contributed by atoms with van der Waals surface area (Å²) in [6.07, 6.45) is 1.00. The number of ether oxygens (including phenoxy) is 2. The molecule has 2 atom stereocenters. The molecule has 0 spiro atoms. The fourth-order valence-corrected chi connectivity index (χ4v) is 4.89.